The fourth-order valence-electron chi connectivity index (χ4n) is 4.29. The van der Waals surface area contributed by atoms with Crippen molar-refractivity contribution in [1.29, 1.82) is 0 Å². The summed E-state index contributed by atoms with van der Waals surface area (Å²) in [6.07, 6.45) is 11.5. The quantitative estimate of drug-likeness (QED) is 0.617. The molecule has 5 heteroatoms. The molecule has 0 bridgehead atoms. The third-order valence-corrected chi connectivity index (χ3v) is 5.83. The molecular formula is C18H32N4O. The van der Waals surface area contributed by atoms with Crippen molar-refractivity contribution in [3.63, 3.8) is 0 Å². The Bertz CT molecular complexity index is 438. The SMILES string of the molecule is CCNC(=NCC(=O)NC1CCCCC1)N1CCC2(CCC2)C1. The Morgan fingerprint density at radius 2 is 1.96 bits per heavy atom. The van der Waals surface area contributed by atoms with E-state index < -0.39 is 0 Å². The van der Waals surface area contributed by atoms with Gasteiger partial charge in [0, 0.05) is 25.7 Å². The molecule has 1 amide bonds. The molecule has 0 radical (unpaired) electrons. The van der Waals surface area contributed by atoms with Gasteiger partial charge in [-0.2, -0.15) is 0 Å². The molecule has 0 unspecified atom stereocenters. The highest BCUT2D eigenvalue weighted by Crippen LogP contribution is 2.47. The van der Waals surface area contributed by atoms with Crippen molar-refractivity contribution >= 4 is 11.9 Å². The maximum Gasteiger partial charge on any atom is 0.242 e. The van der Waals surface area contributed by atoms with E-state index in [-0.39, 0.29) is 12.5 Å². The largest absolute Gasteiger partial charge is 0.357 e. The lowest BCUT2D eigenvalue weighted by Crippen LogP contribution is -2.43. The fraction of sp³-hybridized carbons (Fsp3) is 0.889. The molecule has 1 heterocycles. The molecule has 2 N–H and O–H groups in total. The minimum atomic E-state index is 0.0739. The van der Waals surface area contributed by atoms with E-state index in [1.54, 1.807) is 0 Å². The van der Waals surface area contributed by atoms with Gasteiger partial charge in [0.25, 0.3) is 0 Å². The number of carbonyl (C=O) groups is 1. The van der Waals surface area contributed by atoms with Gasteiger partial charge >= 0.3 is 0 Å². The fourth-order valence-corrected chi connectivity index (χ4v) is 4.29. The summed E-state index contributed by atoms with van der Waals surface area (Å²) in [6.45, 7) is 5.39. The van der Waals surface area contributed by atoms with Crippen molar-refractivity contribution in [1.82, 2.24) is 15.5 Å². The topological polar surface area (TPSA) is 56.7 Å². The van der Waals surface area contributed by atoms with Crippen LogP contribution in [0, 0.1) is 5.41 Å². The third kappa shape index (κ3) is 4.18. The molecule has 0 atom stereocenters. The molecule has 3 fully saturated rings. The molecule has 3 aliphatic rings. The lowest BCUT2D eigenvalue weighted by Gasteiger charge is -2.38. The maximum atomic E-state index is 12.2. The molecule has 1 aliphatic heterocycles. The number of likely N-dealkylation sites (tertiary alicyclic amines) is 1. The van der Waals surface area contributed by atoms with Crippen molar-refractivity contribution < 1.29 is 4.79 Å². The van der Waals surface area contributed by atoms with E-state index in [2.05, 4.69) is 27.4 Å². The summed E-state index contributed by atoms with van der Waals surface area (Å²) in [5.74, 6) is 1.000. The van der Waals surface area contributed by atoms with Gasteiger partial charge in [-0.05, 0) is 44.4 Å². The summed E-state index contributed by atoms with van der Waals surface area (Å²) in [7, 11) is 0. The van der Waals surface area contributed by atoms with E-state index in [1.165, 1.54) is 44.9 Å². The number of amides is 1. The standard InChI is InChI=1S/C18H32N4O/c1-2-19-17(22-12-11-18(14-22)9-6-10-18)20-13-16(23)21-15-7-4-3-5-8-15/h15H,2-14H2,1H3,(H,19,20)(H,21,23). The van der Waals surface area contributed by atoms with Crippen LogP contribution in [0.25, 0.3) is 0 Å². The average Bonchev–Trinajstić information content (AvgIpc) is 2.98. The molecule has 23 heavy (non-hydrogen) atoms. The number of hydrogen-bond acceptors (Lipinski definition) is 2. The van der Waals surface area contributed by atoms with Gasteiger partial charge in [0.1, 0.15) is 6.54 Å². The zero-order chi connectivity index (χ0) is 16.1. The predicted octanol–water partition coefficient (Wildman–Crippen LogP) is 2.28. The van der Waals surface area contributed by atoms with E-state index in [0.29, 0.717) is 11.5 Å². The molecule has 0 aromatic carbocycles. The average molecular weight is 320 g/mol. The summed E-state index contributed by atoms with van der Waals surface area (Å²) < 4.78 is 0. The molecule has 0 aromatic heterocycles. The normalized spacial score (nSPS) is 24.6. The Hall–Kier alpha value is -1.26. The molecular weight excluding hydrogens is 288 g/mol. The van der Waals surface area contributed by atoms with E-state index in [9.17, 15) is 4.79 Å². The van der Waals surface area contributed by atoms with Crippen molar-refractivity contribution in [2.75, 3.05) is 26.2 Å². The first-order valence-electron chi connectivity index (χ1n) is 9.53. The smallest absolute Gasteiger partial charge is 0.242 e. The summed E-state index contributed by atoms with van der Waals surface area (Å²) in [5, 5.41) is 6.52. The van der Waals surface area contributed by atoms with Gasteiger partial charge in [-0.15, -0.1) is 0 Å². The van der Waals surface area contributed by atoms with Crippen LogP contribution in [-0.4, -0.2) is 49.0 Å². The number of nitrogens with one attached hydrogen (secondary N) is 2. The Labute approximate surface area is 140 Å². The van der Waals surface area contributed by atoms with Crippen LogP contribution in [0.3, 0.4) is 0 Å². The molecule has 2 saturated carbocycles. The Morgan fingerprint density at radius 3 is 2.57 bits per heavy atom. The Balaban J connectivity index is 1.50. The van der Waals surface area contributed by atoms with Gasteiger partial charge in [-0.25, -0.2) is 4.99 Å². The van der Waals surface area contributed by atoms with Gasteiger partial charge in [0.2, 0.25) is 5.91 Å². The molecule has 130 valence electrons. The van der Waals surface area contributed by atoms with Crippen LogP contribution in [0.2, 0.25) is 0 Å². The minimum Gasteiger partial charge on any atom is -0.357 e. The molecule has 1 saturated heterocycles. The monoisotopic (exact) mass is 320 g/mol. The number of nitrogens with zero attached hydrogens (tertiary/aromatic N) is 2. The van der Waals surface area contributed by atoms with E-state index in [1.807, 2.05) is 0 Å². The zero-order valence-electron chi connectivity index (χ0n) is 14.6. The van der Waals surface area contributed by atoms with Crippen LogP contribution >= 0.6 is 0 Å². The number of guanidine groups is 1. The van der Waals surface area contributed by atoms with Gasteiger partial charge in [0.15, 0.2) is 5.96 Å². The van der Waals surface area contributed by atoms with Crippen LogP contribution in [0.4, 0.5) is 0 Å². The second-order valence-electron chi connectivity index (χ2n) is 7.60. The summed E-state index contributed by atoms with van der Waals surface area (Å²) in [4.78, 5) is 19.1. The minimum absolute atomic E-state index is 0.0739. The second-order valence-corrected chi connectivity index (χ2v) is 7.60. The van der Waals surface area contributed by atoms with Gasteiger partial charge in [-0.3, -0.25) is 4.79 Å². The summed E-state index contributed by atoms with van der Waals surface area (Å²) >= 11 is 0. The number of hydrogen-bond donors (Lipinski definition) is 2. The molecule has 2 aliphatic carbocycles. The summed E-state index contributed by atoms with van der Waals surface area (Å²) in [5.41, 5.74) is 0.556. The molecule has 3 rings (SSSR count). The lowest BCUT2D eigenvalue weighted by atomic mass is 9.68. The van der Waals surface area contributed by atoms with Crippen LogP contribution in [0.1, 0.15) is 64.7 Å². The van der Waals surface area contributed by atoms with Gasteiger partial charge < -0.3 is 15.5 Å². The van der Waals surface area contributed by atoms with Crippen molar-refractivity contribution in [3.05, 3.63) is 0 Å². The van der Waals surface area contributed by atoms with Crippen LogP contribution in [-0.2, 0) is 4.79 Å². The highest BCUT2D eigenvalue weighted by molar-refractivity contribution is 5.85. The molecule has 0 aromatic rings. The van der Waals surface area contributed by atoms with Crippen LogP contribution < -0.4 is 10.6 Å². The number of carbonyl (C=O) groups excluding carboxylic acids is 1. The van der Waals surface area contributed by atoms with Crippen molar-refractivity contribution in [2.45, 2.75) is 70.8 Å². The maximum absolute atomic E-state index is 12.2. The first-order chi connectivity index (χ1) is 11.2. The van der Waals surface area contributed by atoms with Crippen LogP contribution in [0.5, 0.6) is 0 Å². The highest BCUT2D eigenvalue weighted by Gasteiger charge is 2.43. The van der Waals surface area contributed by atoms with E-state index in [4.69, 9.17) is 0 Å². The zero-order valence-corrected chi connectivity index (χ0v) is 14.6. The number of rotatable bonds is 4. The van der Waals surface area contributed by atoms with Gasteiger partial charge in [0.05, 0.1) is 0 Å². The third-order valence-electron chi connectivity index (χ3n) is 5.83. The molecule has 1 spiro atoms. The van der Waals surface area contributed by atoms with Crippen LogP contribution in [0.15, 0.2) is 4.99 Å². The predicted molar refractivity (Wildman–Crippen MR) is 93.5 cm³/mol. The second kappa shape index (κ2) is 7.54. The van der Waals surface area contributed by atoms with E-state index >= 15 is 0 Å². The Kier molecular flexibility index (Phi) is 5.44. The van der Waals surface area contributed by atoms with Crippen molar-refractivity contribution in [2.24, 2.45) is 10.4 Å². The molecule has 5 nitrogen and oxygen atoms in total. The highest BCUT2D eigenvalue weighted by atomic mass is 16.1. The number of aliphatic imine (C=N–C) groups is 1. The van der Waals surface area contributed by atoms with Gasteiger partial charge in [-0.1, -0.05) is 25.7 Å². The van der Waals surface area contributed by atoms with Crippen molar-refractivity contribution in [3.8, 4) is 0 Å². The first kappa shape index (κ1) is 16.6. The lowest BCUT2D eigenvalue weighted by molar-refractivity contribution is -0.120. The summed E-state index contributed by atoms with van der Waals surface area (Å²) in [6, 6.07) is 0.374. The Morgan fingerprint density at radius 1 is 1.17 bits per heavy atom. The first-order valence-corrected chi connectivity index (χ1v) is 9.53. The van der Waals surface area contributed by atoms with E-state index in [0.717, 1.165) is 38.4 Å².